The number of fused-ring (bicyclic) bond motifs is 3. The average molecular weight is 365 g/mol. The van der Waals surface area contributed by atoms with Gasteiger partial charge in [0.25, 0.3) is 0 Å². The van der Waals surface area contributed by atoms with Crippen LogP contribution in [-0.2, 0) is 9.53 Å². The lowest BCUT2D eigenvalue weighted by Gasteiger charge is -2.18. The summed E-state index contributed by atoms with van der Waals surface area (Å²) in [6.07, 6.45) is -0.216. The third-order valence-corrected chi connectivity index (χ3v) is 5.87. The van der Waals surface area contributed by atoms with E-state index in [-0.39, 0.29) is 24.4 Å². The Morgan fingerprint density at radius 1 is 1.11 bits per heavy atom. The molecular formula is C22H23NO4. The number of carboxylic acid groups (broad SMARTS) is 1. The Morgan fingerprint density at radius 2 is 1.67 bits per heavy atom. The molecule has 2 N–H and O–H groups in total. The van der Waals surface area contributed by atoms with Gasteiger partial charge < -0.3 is 15.2 Å². The molecule has 0 unspecified atom stereocenters. The number of carbonyl (C=O) groups excluding carboxylic acids is 1. The lowest BCUT2D eigenvalue weighted by molar-refractivity contribution is -0.141. The van der Waals surface area contributed by atoms with Gasteiger partial charge in [0, 0.05) is 5.92 Å². The second kappa shape index (κ2) is 6.41. The molecule has 0 heterocycles. The van der Waals surface area contributed by atoms with E-state index in [0.717, 1.165) is 22.3 Å². The van der Waals surface area contributed by atoms with Crippen molar-refractivity contribution >= 4 is 12.1 Å². The highest BCUT2D eigenvalue weighted by atomic mass is 16.5. The third kappa shape index (κ3) is 2.87. The summed E-state index contributed by atoms with van der Waals surface area (Å²) in [5.74, 6) is -0.899. The first-order chi connectivity index (χ1) is 12.9. The average Bonchev–Trinajstić information content (AvgIpc) is 3.30. The first-order valence-electron chi connectivity index (χ1n) is 9.30. The van der Waals surface area contributed by atoms with Crippen LogP contribution in [0.1, 0.15) is 37.3 Å². The molecule has 27 heavy (non-hydrogen) atoms. The van der Waals surface area contributed by atoms with Gasteiger partial charge in [-0.05, 0) is 40.5 Å². The number of hydrogen-bond donors (Lipinski definition) is 2. The second-order valence-electron chi connectivity index (χ2n) is 7.78. The minimum atomic E-state index is -1.18. The highest BCUT2D eigenvalue weighted by Crippen LogP contribution is 2.49. The Labute approximate surface area is 158 Å². The molecule has 0 spiro atoms. The van der Waals surface area contributed by atoms with Crippen LogP contribution < -0.4 is 5.32 Å². The molecule has 0 aromatic heterocycles. The van der Waals surface area contributed by atoms with Crippen molar-refractivity contribution < 1.29 is 19.4 Å². The molecule has 0 bridgehead atoms. The number of hydrogen-bond acceptors (Lipinski definition) is 3. The smallest absolute Gasteiger partial charge is 0.408 e. The summed E-state index contributed by atoms with van der Waals surface area (Å²) in [5.41, 5.74) is 3.39. The number of benzene rings is 2. The Bertz CT molecular complexity index is 861. The fourth-order valence-electron chi connectivity index (χ4n) is 4.35. The first kappa shape index (κ1) is 17.6. The Morgan fingerprint density at radius 3 is 2.15 bits per heavy atom. The molecule has 0 saturated heterocycles. The van der Waals surface area contributed by atoms with E-state index in [1.165, 1.54) is 0 Å². The standard InChI is InChI=1S/C22H23NO4/c1-13(2)19-11-22(19,20(24)25)23-21(26)27-12-18-16-9-5-3-7-14(16)15-8-4-6-10-17(15)18/h3-10,13,18-19H,11-12H2,1-2H3,(H,23,26)(H,24,25)/t19-,22+/m0/s1. The summed E-state index contributed by atoms with van der Waals surface area (Å²) < 4.78 is 5.48. The van der Waals surface area contributed by atoms with Crippen LogP contribution in [0.15, 0.2) is 48.5 Å². The van der Waals surface area contributed by atoms with Gasteiger partial charge in [-0.15, -0.1) is 0 Å². The quantitative estimate of drug-likeness (QED) is 0.839. The van der Waals surface area contributed by atoms with Gasteiger partial charge in [0.15, 0.2) is 0 Å². The highest BCUT2D eigenvalue weighted by molar-refractivity contribution is 5.88. The predicted octanol–water partition coefficient (Wildman–Crippen LogP) is 4.02. The van der Waals surface area contributed by atoms with E-state index in [1.54, 1.807) is 0 Å². The van der Waals surface area contributed by atoms with E-state index in [1.807, 2.05) is 38.1 Å². The van der Waals surface area contributed by atoms with Crippen molar-refractivity contribution in [3.63, 3.8) is 0 Å². The van der Waals surface area contributed by atoms with Crippen molar-refractivity contribution in [2.45, 2.75) is 31.7 Å². The Kier molecular flexibility index (Phi) is 4.17. The predicted molar refractivity (Wildman–Crippen MR) is 102 cm³/mol. The molecule has 5 nitrogen and oxygen atoms in total. The Hall–Kier alpha value is -2.82. The van der Waals surface area contributed by atoms with Crippen LogP contribution in [0, 0.1) is 11.8 Å². The molecule has 140 valence electrons. The van der Waals surface area contributed by atoms with Gasteiger partial charge in [-0.2, -0.15) is 0 Å². The molecule has 2 aromatic carbocycles. The van der Waals surface area contributed by atoms with Crippen LogP contribution >= 0.6 is 0 Å². The number of amides is 1. The van der Waals surface area contributed by atoms with E-state index in [0.29, 0.717) is 6.42 Å². The molecule has 1 fully saturated rings. The molecule has 2 atom stereocenters. The SMILES string of the molecule is CC(C)[C@@H]1C[C@]1(NC(=O)OCC1c2ccccc2-c2ccccc21)C(=O)O. The number of nitrogens with one attached hydrogen (secondary N) is 1. The molecule has 4 rings (SSSR count). The third-order valence-electron chi connectivity index (χ3n) is 5.87. The fraction of sp³-hybridized carbons (Fsp3) is 0.364. The normalized spacial score (nSPS) is 22.9. The Balaban J connectivity index is 1.48. The molecule has 0 aliphatic heterocycles. The lowest BCUT2D eigenvalue weighted by atomic mass is 9.98. The van der Waals surface area contributed by atoms with Crippen molar-refractivity contribution in [1.29, 1.82) is 0 Å². The highest BCUT2D eigenvalue weighted by Gasteiger charge is 2.63. The van der Waals surface area contributed by atoms with Crippen molar-refractivity contribution in [3.8, 4) is 11.1 Å². The first-order valence-corrected chi connectivity index (χ1v) is 9.30. The maximum atomic E-state index is 12.4. The molecule has 5 heteroatoms. The zero-order chi connectivity index (χ0) is 19.2. The number of ether oxygens (including phenoxy) is 1. The van der Waals surface area contributed by atoms with E-state index in [9.17, 15) is 14.7 Å². The van der Waals surface area contributed by atoms with Gasteiger partial charge in [0.1, 0.15) is 12.1 Å². The van der Waals surface area contributed by atoms with Crippen molar-refractivity contribution in [2.75, 3.05) is 6.61 Å². The van der Waals surface area contributed by atoms with Gasteiger partial charge >= 0.3 is 12.1 Å². The summed E-state index contributed by atoms with van der Waals surface area (Å²) in [4.78, 5) is 24.0. The minimum absolute atomic E-state index is 0.0379. The van der Waals surface area contributed by atoms with Gasteiger partial charge in [-0.25, -0.2) is 9.59 Å². The number of alkyl carbamates (subject to hydrolysis) is 1. The molecule has 2 aliphatic rings. The summed E-state index contributed by atoms with van der Waals surface area (Å²) >= 11 is 0. The van der Waals surface area contributed by atoms with Crippen molar-refractivity contribution in [1.82, 2.24) is 5.32 Å². The summed E-state index contributed by atoms with van der Waals surface area (Å²) in [6.45, 7) is 4.12. The summed E-state index contributed by atoms with van der Waals surface area (Å²) in [6, 6.07) is 16.2. The number of carbonyl (C=O) groups is 2. The van der Waals surface area contributed by atoms with E-state index >= 15 is 0 Å². The van der Waals surface area contributed by atoms with Crippen LogP contribution in [-0.4, -0.2) is 29.3 Å². The molecular weight excluding hydrogens is 342 g/mol. The fourth-order valence-corrected chi connectivity index (χ4v) is 4.35. The maximum Gasteiger partial charge on any atom is 0.408 e. The molecule has 2 aromatic rings. The minimum Gasteiger partial charge on any atom is -0.479 e. The van der Waals surface area contributed by atoms with E-state index < -0.39 is 17.6 Å². The number of carboxylic acids is 1. The van der Waals surface area contributed by atoms with E-state index in [2.05, 4.69) is 29.6 Å². The summed E-state index contributed by atoms with van der Waals surface area (Å²) in [7, 11) is 0. The van der Waals surface area contributed by atoms with Gasteiger partial charge in [0.2, 0.25) is 0 Å². The van der Waals surface area contributed by atoms with Crippen molar-refractivity contribution in [3.05, 3.63) is 59.7 Å². The number of rotatable bonds is 5. The maximum absolute atomic E-state index is 12.4. The van der Waals surface area contributed by atoms with E-state index in [4.69, 9.17) is 4.74 Å². The molecule has 1 saturated carbocycles. The largest absolute Gasteiger partial charge is 0.479 e. The van der Waals surface area contributed by atoms with Crippen LogP contribution in [0.2, 0.25) is 0 Å². The van der Waals surface area contributed by atoms with Crippen LogP contribution in [0.3, 0.4) is 0 Å². The van der Waals surface area contributed by atoms with Gasteiger partial charge in [-0.3, -0.25) is 0 Å². The van der Waals surface area contributed by atoms with Gasteiger partial charge in [0.05, 0.1) is 0 Å². The van der Waals surface area contributed by atoms with Gasteiger partial charge in [-0.1, -0.05) is 62.4 Å². The lowest BCUT2D eigenvalue weighted by Crippen LogP contribution is -2.46. The molecule has 2 aliphatic carbocycles. The zero-order valence-corrected chi connectivity index (χ0v) is 15.4. The molecule has 0 radical (unpaired) electrons. The van der Waals surface area contributed by atoms with Crippen LogP contribution in [0.4, 0.5) is 4.79 Å². The molecule has 1 amide bonds. The van der Waals surface area contributed by atoms with Crippen molar-refractivity contribution in [2.24, 2.45) is 11.8 Å². The van der Waals surface area contributed by atoms with Crippen LogP contribution in [0.5, 0.6) is 0 Å². The zero-order valence-electron chi connectivity index (χ0n) is 15.4. The monoisotopic (exact) mass is 365 g/mol. The summed E-state index contributed by atoms with van der Waals surface area (Å²) in [5, 5.41) is 12.2. The second-order valence-corrected chi connectivity index (χ2v) is 7.78. The topological polar surface area (TPSA) is 75.6 Å². The van der Waals surface area contributed by atoms with Crippen LogP contribution in [0.25, 0.3) is 11.1 Å². The number of aliphatic carboxylic acids is 1.